The number of benzene rings is 1. The third-order valence-electron chi connectivity index (χ3n) is 4.26. The second kappa shape index (κ2) is 7.85. The molecule has 0 unspecified atom stereocenters. The number of thiazole rings is 1. The number of nitrogens with zero attached hydrogens (tertiary/aromatic N) is 3. The lowest BCUT2D eigenvalue weighted by Crippen LogP contribution is -2.36. The first-order chi connectivity index (χ1) is 11.6. The lowest BCUT2D eigenvalue weighted by atomic mass is 10.1. The lowest BCUT2D eigenvalue weighted by Gasteiger charge is -2.21. The van der Waals surface area contributed by atoms with Crippen molar-refractivity contribution in [1.29, 1.82) is 0 Å². The molecule has 0 atom stereocenters. The second-order valence-corrected chi connectivity index (χ2v) is 7.23. The zero-order valence-corrected chi connectivity index (χ0v) is 14.7. The van der Waals surface area contributed by atoms with Crippen LogP contribution in [0.25, 0.3) is 0 Å². The highest BCUT2D eigenvalue weighted by atomic mass is 32.1. The maximum absolute atomic E-state index is 13.0. The van der Waals surface area contributed by atoms with Gasteiger partial charge in [0.05, 0.1) is 17.1 Å². The van der Waals surface area contributed by atoms with Crippen molar-refractivity contribution in [2.45, 2.75) is 26.3 Å². The van der Waals surface area contributed by atoms with E-state index in [1.54, 1.807) is 23.5 Å². The van der Waals surface area contributed by atoms with Gasteiger partial charge in [-0.05, 0) is 31.0 Å². The summed E-state index contributed by atoms with van der Waals surface area (Å²) in [5, 5.41) is 3.20. The summed E-state index contributed by atoms with van der Waals surface area (Å²) in [5.74, 6) is -0.151. The number of carbonyl (C=O) groups excluding carboxylic acids is 1. The largest absolute Gasteiger partial charge is 0.341 e. The van der Waals surface area contributed by atoms with E-state index in [-0.39, 0.29) is 11.7 Å². The fraction of sp³-hybridized carbons (Fsp3) is 0.444. The molecule has 1 saturated heterocycles. The SMILES string of the molecule is Cc1nc(CN2CCCN(C(=O)Cc3ccc(F)cc3)CC2)cs1. The van der Waals surface area contributed by atoms with Gasteiger partial charge < -0.3 is 4.90 Å². The van der Waals surface area contributed by atoms with Crippen LogP contribution >= 0.6 is 11.3 Å². The number of carbonyl (C=O) groups is 1. The highest BCUT2D eigenvalue weighted by molar-refractivity contribution is 7.09. The van der Waals surface area contributed by atoms with Crippen molar-refractivity contribution in [3.05, 3.63) is 51.7 Å². The molecule has 1 aromatic carbocycles. The topological polar surface area (TPSA) is 36.4 Å². The van der Waals surface area contributed by atoms with Gasteiger partial charge in [-0.1, -0.05) is 12.1 Å². The lowest BCUT2D eigenvalue weighted by molar-refractivity contribution is -0.130. The van der Waals surface area contributed by atoms with Crippen LogP contribution in [-0.2, 0) is 17.8 Å². The van der Waals surface area contributed by atoms with E-state index < -0.39 is 0 Å². The standard InChI is InChI=1S/C18H22FN3OS/c1-14-20-17(13-24-14)12-21-7-2-8-22(10-9-21)18(23)11-15-3-5-16(19)6-4-15/h3-6,13H,2,7-12H2,1H3. The summed E-state index contributed by atoms with van der Waals surface area (Å²) in [6, 6.07) is 6.18. The summed E-state index contributed by atoms with van der Waals surface area (Å²) < 4.78 is 13.0. The summed E-state index contributed by atoms with van der Waals surface area (Å²) in [5.41, 5.74) is 1.98. The highest BCUT2D eigenvalue weighted by Crippen LogP contribution is 2.13. The van der Waals surface area contributed by atoms with Crippen LogP contribution in [0.5, 0.6) is 0 Å². The van der Waals surface area contributed by atoms with Gasteiger partial charge in [-0.2, -0.15) is 0 Å². The first-order valence-electron chi connectivity index (χ1n) is 8.26. The van der Waals surface area contributed by atoms with E-state index in [0.717, 1.165) is 55.4 Å². The highest BCUT2D eigenvalue weighted by Gasteiger charge is 2.19. The zero-order chi connectivity index (χ0) is 16.9. The van der Waals surface area contributed by atoms with Crippen LogP contribution in [-0.4, -0.2) is 46.9 Å². The Bertz CT molecular complexity index is 686. The van der Waals surface area contributed by atoms with Crippen LogP contribution in [0, 0.1) is 12.7 Å². The third-order valence-corrected chi connectivity index (χ3v) is 5.08. The Labute approximate surface area is 145 Å². The van der Waals surface area contributed by atoms with Gasteiger partial charge in [0.15, 0.2) is 0 Å². The van der Waals surface area contributed by atoms with Gasteiger partial charge in [0, 0.05) is 38.1 Å². The quantitative estimate of drug-likeness (QED) is 0.853. The monoisotopic (exact) mass is 347 g/mol. The van der Waals surface area contributed by atoms with Gasteiger partial charge in [0.25, 0.3) is 0 Å². The molecule has 0 radical (unpaired) electrons. The molecular weight excluding hydrogens is 325 g/mol. The first-order valence-corrected chi connectivity index (χ1v) is 9.14. The Morgan fingerprint density at radius 3 is 2.71 bits per heavy atom. The molecule has 1 aromatic heterocycles. The zero-order valence-electron chi connectivity index (χ0n) is 13.9. The smallest absolute Gasteiger partial charge is 0.227 e. The molecule has 0 N–H and O–H groups in total. The van der Waals surface area contributed by atoms with Crippen molar-refractivity contribution < 1.29 is 9.18 Å². The van der Waals surface area contributed by atoms with Gasteiger partial charge in [0.1, 0.15) is 5.82 Å². The van der Waals surface area contributed by atoms with Crippen molar-refractivity contribution in [2.24, 2.45) is 0 Å². The van der Waals surface area contributed by atoms with Crippen LogP contribution < -0.4 is 0 Å². The Kier molecular flexibility index (Phi) is 5.58. The predicted octanol–water partition coefficient (Wildman–Crippen LogP) is 2.87. The molecule has 2 heterocycles. The maximum Gasteiger partial charge on any atom is 0.227 e. The Balaban J connectivity index is 1.52. The molecule has 0 spiro atoms. The van der Waals surface area contributed by atoms with E-state index in [0.29, 0.717) is 6.42 Å². The molecule has 0 bridgehead atoms. The van der Waals surface area contributed by atoms with Crippen LogP contribution in [0.3, 0.4) is 0 Å². The minimum Gasteiger partial charge on any atom is -0.341 e. The molecule has 4 nitrogen and oxygen atoms in total. The number of aromatic nitrogens is 1. The molecule has 128 valence electrons. The van der Waals surface area contributed by atoms with E-state index >= 15 is 0 Å². The number of aryl methyl sites for hydroxylation is 1. The number of hydrogen-bond donors (Lipinski definition) is 0. The Hall–Kier alpha value is -1.79. The normalized spacial score (nSPS) is 16.2. The number of amides is 1. The van der Waals surface area contributed by atoms with Crippen LogP contribution in [0.2, 0.25) is 0 Å². The summed E-state index contributed by atoms with van der Waals surface area (Å²) in [4.78, 5) is 21.3. The van der Waals surface area contributed by atoms with Crippen molar-refractivity contribution >= 4 is 17.2 Å². The van der Waals surface area contributed by atoms with Gasteiger partial charge >= 0.3 is 0 Å². The van der Waals surface area contributed by atoms with Crippen LogP contribution in [0.15, 0.2) is 29.6 Å². The van der Waals surface area contributed by atoms with E-state index in [9.17, 15) is 9.18 Å². The average Bonchev–Trinajstić information content (AvgIpc) is 2.82. The maximum atomic E-state index is 13.0. The summed E-state index contributed by atoms with van der Waals surface area (Å²) in [7, 11) is 0. The van der Waals surface area contributed by atoms with Crippen LogP contribution in [0.4, 0.5) is 4.39 Å². The third kappa shape index (κ3) is 4.61. The van der Waals surface area contributed by atoms with Gasteiger partial charge in [0.2, 0.25) is 5.91 Å². The molecular formula is C18H22FN3OS. The van der Waals surface area contributed by atoms with Crippen molar-refractivity contribution in [3.63, 3.8) is 0 Å². The molecule has 0 aliphatic carbocycles. The molecule has 2 aromatic rings. The first kappa shape index (κ1) is 17.0. The fourth-order valence-corrected chi connectivity index (χ4v) is 3.58. The van der Waals surface area contributed by atoms with Crippen LogP contribution in [0.1, 0.15) is 22.7 Å². The molecule has 1 aliphatic heterocycles. The molecule has 24 heavy (non-hydrogen) atoms. The van der Waals surface area contributed by atoms with Crippen molar-refractivity contribution in [2.75, 3.05) is 26.2 Å². The van der Waals surface area contributed by atoms with E-state index in [4.69, 9.17) is 0 Å². The average molecular weight is 347 g/mol. The Morgan fingerprint density at radius 2 is 2.00 bits per heavy atom. The van der Waals surface area contributed by atoms with Gasteiger partial charge in [-0.25, -0.2) is 9.37 Å². The molecule has 1 amide bonds. The summed E-state index contributed by atoms with van der Waals surface area (Å²) >= 11 is 1.68. The van der Waals surface area contributed by atoms with Crippen molar-refractivity contribution in [3.8, 4) is 0 Å². The molecule has 1 aliphatic rings. The minimum absolute atomic E-state index is 0.118. The summed E-state index contributed by atoms with van der Waals surface area (Å²) in [6.45, 7) is 6.25. The molecule has 1 fully saturated rings. The van der Waals surface area contributed by atoms with Gasteiger partial charge in [-0.15, -0.1) is 11.3 Å². The molecule has 3 rings (SSSR count). The summed E-state index contributed by atoms with van der Waals surface area (Å²) in [6.07, 6.45) is 1.31. The minimum atomic E-state index is -0.270. The van der Waals surface area contributed by atoms with Gasteiger partial charge in [-0.3, -0.25) is 9.69 Å². The van der Waals surface area contributed by atoms with E-state index in [1.807, 2.05) is 11.8 Å². The molecule has 0 saturated carbocycles. The Morgan fingerprint density at radius 1 is 1.21 bits per heavy atom. The second-order valence-electron chi connectivity index (χ2n) is 6.17. The predicted molar refractivity (Wildman–Crippen MR) is 93.4 cm³/mol. The number of rotatable bonds is 4. The van der Waals surface area contributed by atoms with Crippen molar-refractivity contribution in [1.82, 2.24) is 14.8 Å². The molecule has 6 heteroatoms. The number of hydrogen-bond acceptors (Lipinski definition) is 4. The van der Waals surface area contributed by atoms with E-state index in [2.05, 4.69) is 15.3 Å². The van der Waals surface area contributed by atoms with E-state index in [1.165, 1.54) is 12.1 Å². The fourth-order valence-electron chi connectivity index (χ4n) is 2.98. The number of halogens is 1.